The average Bonchev–Trinajstić information content (AvgIpc) is 2.38. The Morgan fingerprint density at radius 3 is 2.65 bits per heavy atom. The van der Waals surface area contributed by atoms with Crippen LogP contribution in [0.4, 0.5) is 0 Å². The van der Waals surface area contributed by atoms with Gasteiger partial charge in [-0.3, -0.25) is 0 Å². The van der Waals surface area contributed by atoms with Crippen LogP contribution in [0.3, 0.4) is 0 Å². The molecule has 0 N–H and O–H groups in total. The van der Waals surface area contributed by atoms with Gasteiger partial charge < -0.3 is 0 Å². The lowest BCUT2D eigenvalue weighted by atomic mass is 10.0. The van der Waals surface area contributed by atoms with E-state index in [4.69, 9.17) is 0 Å². The normalized spacial score (nSPS) is 17.4. The van der Waals surface area contributed by atoms with Crippen LogP contribution in [0.15, 0.2) is 52.3 Å². The van der Waals surface area contributed by atoms with Crippen LogP contribution < -0.4 is 0 Å². The van der Waals surface area contributed by atoms with Crippen molar-refractivity contribution in [3.05, 3.63) is 59.2 Å². The van der Waals surface area contributed by atoms with E-state index >= 15 is 0 Å². The van der Waals surface area contributed by atoms with Crippen LogP contribution in [0, 0.1) is 0 Å². The third kappa shape index (κ3) is 1.73. The summed E-state index contributed by atoms with van der Waals surface area (Å²) in [6.07, 6.45) is 1.94. The van der Waals surface area contributed by atoms with Crippen molar-refractivity contribution in [2.24, 2.45) is 0 Å². The largest absolute Gasteiger partial charge is 0.249 e. The molecule has 1 heterocycles. The molecule has 0 saturated heterocycles. The Morgan fingerprint density at radius 2 is 1.82 bits per heavy atom. The standard InChI is InChI=1S/C15H14OS/c1-2-11-7-8-15-13(9-11)10-12-5-3-4-6-14(12)17(15)16/h3-9H,2,10H2,1H3. The van der Waals surface area contributed by atoms with Crippen LogP contribution >= 0.6 is 0 Å². The molecule has 1 aliphatic rings. The second-order valence-corrected chi connectivity index (χ2v) is 5.77. The molecule has 0 fully saturated rings. The highest BCUT2D eigenvalue weighted by Crippen LogP contribution is 2.31. The smallest absolute Gasteiger partial charge is 0.0855 e. The minimum atomic E-state index is -1.00. The van der Waals surface area contributed by atoms with Gasteiger partial charge in [-0.1, -0.05) is 37.3 Å². The summed E-state index contributed by atoms with van der Waals surface area (Å²) in [5.41, 5.74) is 3.74. The molecule has 2 heteroatoms. The summed E-state index contributed by atoms with van der Waals surface area (Å²) in [4.78, 5) is 1.96. The Hall–Kier alpha value is -1.41. The van der Waals surface area contributed by atoms with E-state index in [-0.39, 0.29) is 0 Å². The molecular formula is C15H14OS. The summed E-state index contributed by atoms with van der Waals surface area (Å²) in [6.45, 7) is 2.15. The Kier molecular flexibility index (Phi) is 2.60. The minimum Gasteiger partial charge on any atom is -0.249 e. The number of rotatable bonds is 1. The molecule has 0 bridgehead atoms. The molecule has 0 radical (unpaired) electrons. The van der Waals surface area contributed by atoms with Crippen LogP contribution in [0.25, 0.3) is 0 Å². The Balaban J connectivity index is 2.16. The van der Waals surface area contributed by atoms with Crippen LogP contribution in [0.5, 0.6) is 0 Å². The second kappa shape index (κ2) is 4.11. The number of hydrogen-bond acceptors (Lipinski definition) is 1. The summed E-state index contributed by atoms with van der Waals surface area (Å²) in [7, 11) is -1.00. The van der Waals surface area contributed by atoms with Gasteiger partial charge in [0, 0.05) is 9.79 Å². The third-order valence-corrected chi connectivity index (χ3v) is 4.88. The zero-order valence-electron chi connectivity index (χ0n) is 9.77. The van der Waals surface area contributed by atoms with E-state index in [1.54, 1.807) is 0 Å². The van der Waals surface area contributed by atoms with Gasteiger partial charge in [0.2, 0.25) is 0 Å². The predicted octanol–water partition coefficient (Wildman–Crippen LogP) is 3.32. The van der Waals surface area contributed by atoms with Gasteiger partial charge in [-0.2, -0.15) is 0 Å². The minimum absolute atomic E-state index is 0.908. The summed E-state index contributed by atoms with van der Waals surface area (Å²) < 4.78 is 12.4. The van der Waals surface area contributed by atoms with Crippen molar-refractivity contribution in [3.63, 3.8) is 0 Å². The van der Waals surface area contributed by atoms with Gasteiger partial charge in [0.1, 0.15) is 0 Å². The monoisotopic (exact) mass is 242 g/mol. The van der Waals surface area contributed by atoms with Gasteiger partial charge in [0.15, 0.2) is 0 Å². The maximum atomic E-state index is 12.4. The fourth-order valence-electron chi connectivity index (χ4n) is 2.33. The first-order chi connectivity index (χ1) is 8.29. The van der Waals surface area contributed by atoms with E-state index in [0.717, 1.165) is 22.6 Å². The molecule has 2 aromatic rings. The Labute approximate surface area is 104 Å². The quantitative estimate of drug-likeness (QED) is 0.640. The summed E-state index contributed by atoms with van der Waals surface area (Å²) in [5.74, 6) is 0. The maximum Gasteiger partial charge on any atom is 0.0855 e. The fourth-order valence-corrected chi connectivity index (χ4v) is 3.70. The zero-order valence-corrected chi connectivity index (χ0v) is 10.6. The van der Waals surface area contributed by atoms with E-state index in [1.165, 1.54) is 16.7 Å². The van der Waals surface area contributed by atoms with Gasteiger partial charge in [-0.15, -0.1) is 0 Å². The van der Waals surface area contributed by atoms with Gasteiger partial charge in [0.25, 0.3) is 0 Å². The van der Waals surface area contributed by atoms with Gasteiger partial charge in [-0.05, 0) is 41.7 Å². The number of aryl methyl sites for hydroxylation is 1. The topological polar surface area (TPSA) is 17.1 Å². The lowest BCUT2D eigenvalue weighted by Gasteiger charge is -2.19. The number of benzene rings is 2. The number of hydrogen-bond donors (Lipinski definition) is 0. The maximum absolute atomic E-state index is 12.4. The van der Waals surface area contributed by atoms with Gasteiger partial charge in [0.05, 0.1) is 10.8 Å². The Bertz CT molecular complexity index is 602. The molecule has 86 valence electrons. The first-order valence-electron chi connectivity index (χ1n) is 5.91. The van der Waals surface area contributed by atoms with Crippen LogP contribution in [0.2, 0.25) is 0 Å². The Morgan fingerprint density at radius 1 is 1.06 bits per heavy atom. The molecule has 17 heavy (non-hydrogen) atoms. The first-order valence-corrected chi connectivity index (χ1v) is 7.06. The van der Waals surface area contributed by atoms with Gasteiger partial charge in [-0.25, -0.2) is 4.21 Å². The van der Waals surface area contributed by atoms with Crippen molar-refractivity contribution in [3.8, 4) is 0 Å². The van der Waals surface area contributed by atoms with E-state index in [0.29, 0.717) is 0 Å². The molecule has 1 aliphatic heterocycles. The molecule has 0 aromatic heterocycles. The molecule has 2 aromatic carbocycles. The molecule has 0 saturated carbocycles. The van der Waals surface area contributed by atoms with Crippen LogP contribution in [-0.4, -0.2) is 4.21 Å². The van der Waals surface area contributed by atoms with E-state index < -0.39 is 10.8 Å². The average molecular weight is 242 g/mol. The molecule has 1 atom stereocenters. The van der Waals surface area contributed by atoms with Crippen molar-refractivity contribution in [1.82, 2.24) is 0 Å². The first kappa shape index (κ1) is 10.7. The summed E-state index contributed by atoms with van der Waals surface area (Å²) in [6, 6.07) is 14.3. The van der Waals surface area contributed by atoms with Crippen LogP contribution in [-0.2, 0) is 23.6 Å². The van der Waals surface area contributed by atoms with E-state index in [2.05, 4.69) is 25.1 Å². The molecule has 0 amide bonds. The predicted molar refractivity (Wildman–Crippen MR) is 69.7 cm³/mol. The molecule has 0 spiro atoms. The van der Waals surface area contributed by atoms with Crippen molar-refractivity contribution in [1.29, 1.82) is 0 Å². The lowest BCUT2D eigenvalue weighted by Crippen LogP contribution is -2.09. The molecular weight excluding hydrogens is 228 g/mol. The van der Waals surface area contributed by atoms with Crippen molar-refractivity contribution >= 4 is 10.8 Å². The van der Waals surface area contributed by atoms with Crippen molar-refractivity contribution in [2.75, 3.05) is 0 Å². The van der Waals surface area contributed by atoms with E-state index in [1.807, 2.05) is 24.3 Å². The molecule has 3 rings (SSSR count). The zero-order chi connectivity index (χ0) is 11.8. The lowest BCUT2D eigenvalue weighted by molar-refractivity contribution is 0.679. The molecule has 1 unspecified atom stereocenters. The fraction of sp³-hybridized carbons (Fsp3) is 0.200. The highest BCUT2D eigenvalue weighted by atomic mass is 32.2. The number of fused-ring (bicyclic) bond motifs is 2. The SMILES string of the molecule is CCc1ccc2c(c1)Cc1ccccc1S2=O. The van der Waals surface area contributed by atoms with Crippen LogP contribution in [0.1, 0.15) is 23.6 Å². The second-order valence-electron chi connectivity index (χ2n) is 4.35. The van der Waals surface area contributed by atoms with Crippen molar-refractivity contribution in [2.45, 2.75) is 29.6 Å². The molecule has 0 aliphatic carbocycles. The molecule has 1 nitrogen and oxygen atoms in total. The van der Waals surface area contributed by atoms with Crippen molar-refractivity contribution < 1.29 is 4.21 Å². The van der Waals surface area contributed by atoms with Gasteiger partial charge >= 0.3 is 0 Å². The highest BCUT2D eigenvalue weighted by molar-refractivity contribution is 7.85. The summed E-state index contributed by atoms with van der Waals surface area (Å²) in [5, 5.41) is 0. The highest BCUT2D eigenvalue weighted by Gasteiger charge is 2.21. The third-order valence-electron chi connectivity index (χ3n) is 3.29. The summed E-state index contributed by atoms with van der Waals surface area (Å²) >= 11 is 0. The van der Waals surface area contributed by atoms with E-state index in [9.17, 15) is 4.21 Å².